The molecular weight excluding hydrogens is 383 g/mol. The zero-order valence-corrected chi connectivity index (χ0v) is 15.3. The van der Waals surface area contributed by atoms with Crippen molar-refractivity contribution < 1.29 is 12.8 Å². The number of hydrogen-bond acceptors (Lipinski definition) is 4. The minimum atomic E-state index is -3.88. The summed E-state index contributed by atoms with van der Waals surface area (Å²) in [5, 5.41) is 3.37. The van der Waals surface area contributed by atoms with E-state index < -0.39 is 15.8 Å². The van der Waals surface area contributed by atoms with Crippen LogP contribution in [0.5, 0.6) is 0 Å². The molecule has 1 heterocycles. The van der Waals surface area contributed by atoms with Gasteiger partial charge >= 0.3 is 0 Å². The summed E-state index contributed by atoms with van der Waals surface area (Å²) in [6, 6.07) is 12.6. The molecule has 25 heavy (non-hydrogen) atoms. The molecule has 1 N–H and O–H groups in total. The summed E-state index contributed by atoms with van der Waals surface area (Å²) < 4.78 is 40.3. The molecular formula is C17H14ClFN2O2S2. The van der Waals surface area contributed by atoms with Crippen molar-refractivity contribution in [3.05, 3.63) is 70.4 Å². The first-order chi connectivity index (χ1) is 12.0. The molecule has 2 aromatic carbocycles. The van der Waals surface area contributed by atoms with Crippen LogP contribution in [-0.4, -0.2) is 19.9 Å². The van der Waals surface area contributed by atoms with Gasteiger partial charge in [0.15, 0.2) is 0 Å². The highest BCUT2D eigenvalue weighted by molar-refractivity contribution is 7.89. The van der Waals surface area contributed by atoms with Crippen LogP contribution in [0.2, 0.25) is 5.02 Å². The summed E-state index contributed by atoms with van der Waals surface area (Å²) in [7, 11) is -3.88. The molecule has 0 fully saturated rings. The Morgan fingerprint density at radius 3 is 2.56 bits per heavy atom. The Balaban J connectivity index is 1.63. The van der Waals surface area contributed by atoms with Crippen LogP contribution in [0.1, 0.15) is 5.69 Å². The van der Waals surface area contributed by atoms with Crippen LogP contribution < -0.4 is 4.72 Å². The normalized spacial score (nSPS) is 11.6. The number of halogens is 2. The Morgan fingerprint density at radius 1 is 1.12 bits per heavy atom. The number of hydrogen-bond donors (Lipinski definition) is 1. The van der Waals surface area contributed by atoms with Crippen molar-refractivity contribution in [2.45, 2.75) is 11.3 Å². The zero-order chi connectivity index (χ0) is 17.9. The molecule has 0 amide bonds. The van der Waals surface area contributed by atoms with Gasteiger partial charge < -0.3 is 0 Å². The topological polar surface area (TPSA) is 59.1 Å². The summed E-state index contributed by atoms with van der Waals surface area (Å²) in [6.07, 6.45) is 0.414. The first kappa shape index (κ1) is 18.0. The molecule has 0 radical (unpaired) electrons. The van der Waals surface area contributed by atoms with Crippen LogP contribution in [0.25, 0.3) is 10.6 Å². The maximum Gasteiger partial charge on any atom is 0.243 e. The summed E-state index contributed by atoms with van der Waals surface area (Å²) in [4.78, 5) is 4.13. The summed E-state index contributed by atoms with van der Waals surface area (Å²) in [6.45, 7) is 0.139. The maximum absolute atomic E-state index is 13.6. The Kier molecular flexibility index (Phi) is 5.48. The molecule has 0 aliphatic rings. The average molecular weight is 397 g/mol. The second kappa shape index (κ2) is 7.61. The van der Waals surface area contributed by atoms with E-state index in [1.54, 1.807) is 12.1 Å². The lowest BCUT2D eigenvalue weighted by Gasteiger charge is -2.06. The monoisotopic (exact) mass is 396 g/mol. The van der Waals surface area contributed by atoms with Crippen molar-refractivity contribution >= 4 is 33.0 Å². The van der Waals surface area contributed by atoms with Gasteiger partial charge in [0.1, 0.15) is 15.7 Å². The van der Waals surface area contributed by atoms with Crippen molar-refractivity contribution in [2.75, 3.05) is 6.54 Å². The van der Waals surface area contributed by atoms with Crippen molar-refractivity contribution in [3.63, 3.8) is 0 Å². The zero-order valence-electron chi connectivity index (χ0n) is 12.9. The largest absolute Gasteiger partial charge is 0.243 e. The molecule has 0 atom stereocenters. The van der Waals surface area contributed by atoms with E-state index >= 15 is 0 Å². The predicted octanol–water partition coefficient (Wildman–Crippen LogP) is 4.12. The van der Waals surface area contributed by atoms with Gasteiger partial charge in [-0.1, -0.05) is 35.9 Å². The molecule has 8 heteroatoms. The molecule has 3 aromatic rings. The fourth-order valence-electron chi connectivity index (χ4n) is 2.20. The number of sulfonamides is 1. The van der Waals surface area contributed by atoms with Crippen LogP contribution >= 0.6 is 22.9 Å². The number of thiazole rings is 1. The van der Waals surface area contributed by atoms with Gasteiger partial charge in [-0.15, -0.1) is 11.3 Å². The van der Waals surface area contributed by atoms with Crippen molar-refractivity contribution in [1.82, 2.24) is 9.71 Å². The van der Waals surface area contributed by atoms with Crippen LogP contribution in [0.3, 0.4) is 0 Å². The SMILES string of the molecule is O=S(=O)(NCCc1csc(-c2ccc(Cl)cc2)n1)c1ccccc1F. The molecule has 3 rings (SSSR count). The maximum atomic E-state index is 13.6. The molecule has 0 bridgehead atoms. The highest BCUT2D eigenvalue weighted by atomic mass is 35.5. The number of benzene rings is 2. The third kappa shape index (κ3) is 4.43. The number of rotatable bonds is 6. The van der Waals surface area contributed by atoms with Gasteiger partial charge in [-0.05, 0) is 24.3 Å². The highest BCUT2D eigenvalue weighted by Gasteiger charge is 2.17. The number of nitrogens with one attached hydrogen (secondary N) is 1. The van der Waals surface area contributed by atoms with Gasteiger partial charge in [0.2, 0.25) is 10.0 Å². The third-order valence-electron chi connectivity index (χ3n) is 3.44. The van der Waals surface area contributed by atoms with Gasteiger partial charge in [-0.2, -0.15) is 0 Å². The molecule has 0 unspecified atom stereocenters. The van der Waals surface area contributed by atoms with Gasteiger partial charge in [-0.25, -0.2) is 22.5 Å². The smallest absolute Gasteiger partial charge is 0.241 e. The Labute approximate surface area is 154 Å². The second-order valence-corrected chi connectivity index (χ2v) is 8.26. The first-order valence-corrected chi connectivity index (χ1v) is 10.1. The van der Waals surface area contributed by atoms with Gasteiger partial charge in [0, 0.05) is 28.9 Å². The van der Waals surface area contributed by atoms with E-state index in [9.17, 15) is 12.8 Å². The minimum Gasteiger partial charge on any atom is -0.241 e. The lowest BCUT2D eigenvalue weighted by molar-refractivity contribution is 0.557. The molecule has 0 aliphatic carbocycles. The number of nitrogens with zero attached hydrogens (tertiary/aromatic N) is 1. The highest BCUT2D eigenvalue weighted by Crippen LogP contribution is 2.25. The van der Waals surface area contributed by atoms with Crippen LogP contribution in [0.4, 0.5) is 4.39 Å². The summed E-state index contributed by atoms with van der Waals surface area (Å²) in [5.41, 5.74) is 1.72. The first-order valence-electron chi connectivity index (χ1n) is 7.40. The molecule has 0 saturated heterocycles. The number of aromatic nitrogens is 1. The Bertz CT molecular complexity index is 972. The quantitative estimate of drug-likeness (QED) is 0.681. The van der Waals surface area contributed by atoms with E-state index in [1.165, 1.54) is 29.5 Å². The Morgan fingerprint density at radius 2 is 1.84 bits per heavy atom. The standard InChI is InChI=1S/C17H14ClFN2O2S2/c18-13-7-5-12(6-8-13)17-21-14(11-24-17)9-10-20-25(22,23)16-4-2-1-3-15(16)19/h1-8,11,20H,9-10H2. The van der Waals surface area contributed by atoms with Gasteiger partial charge in [-0.3, -0.25) is 0 Å². The minimum absolute atomic E-state index is 0.139. The van der Waals surface area contributed by atoms with Crippen LogP contribution in [-0.2, 0) is 16.4 Å². The predicted molar refractivity (Wildman–Crippen MR) is 97.9 cm³/mol. The fourth-order valence-corrected chi connectivity index (χ4v) is 4.30. The van der Waals surface area contributed by atoms with Crippen LogP contribution in [0.15, 0.2) is 58.8 Å². The van der Waals surface area contributed by atoms with E-state index in [0.717, 1.165) is 22.3 Å². The summed E-state index contributed by atoms with van der Waals surface area (Å²) >= 11 is 7.34. The van der Waals surface area contributed by atoms with E-state index in [2.05, 4.69) is 9.71 Å². The fraction of sp³-hybridized carbons (Fsp3) is 0.118. The average Bonchev–Trinajstić information content (AvgIpc) is 3.04. The lowest BCUT2D eigenvalue weighted by Crippen LogP contribution is -2.26. The van der Waals surface area contributed by atoms with Crippen molar-refractivity contribution in [3.8, 4) is 10.6 Å². The Hall–Kier alpha value is -1.80. The third-order valence-corrected chi connectivity index (χ3v) is 6.13. The van der Waals surface area contributed by atoms with E-state index in [0.29, 0.717) is 11.4 Å². The molecule has 130 valence electrons. The molecule has 1 aromatic heterocycles. The van der Waals surface area contributed by atoms with E-state index in [4.69, 9.17) is 11.6 Å². The van der Waals surface area contributed by atoms with Gasteiger partial charge in [0.25, 0.3) is 0 Å². The molecule has 0 saturated carbocycles. The molecule has 0 spiro atoms. The second-order valence-electron chi connectivity index (χ2n) is 5.23. The van der Waals surface area contributed by atoms with Crippen molar-refractivity contribution in [2.24, 2.45) is 0 Å². The van der Waals surface area contributed by atoms with Gasteiger partial charge in [0.05, 0.1) is 5.69 Å². The van der Waals surface area contributed by atoms with Crippen molar-refractivity contribution in [1.29, 1.82) is 0 Å². The molecule has 0 aliphatic heterocycles. The van der Waals surface area contributed by atoms with E-state index in [1.807, 2.05) is 17.5 Å². The lowest BCUT2D eigenvalue weighted by atomic mass is 10.2. The van der Waals surface area contributed by atoms with E-state index in [-0.39, 0.29) is 11.4 Å². The summed E-state index contributed by atoms with van der Waals surface area (Å²) in [5.74, 6) is -0.770. The van der Waals surface area contributed by atoms with Crippen LogP contribution in [0, 0.1) is 5.82 Å². The molecule has 4 nitrogen and oxygen atoms in total.